The van der Waals surface area contributed by atoms with Gasteiger partial charge >= 0.3 is 0 Å². The van der Waals surface area contributed by atoms with Gasteiger partial charge in [-0.3, -0.25) is 9.69 Å². The number of benzene rings is 1. The van der Waals surface area contributed by atoms with Gasteiger partial charge in [-0.2, -0.15) is 0 Å². The van der Waals surface area contributed by atoms with Crippen LogP contribution in [-0.2, 0) is 0 Å². The largest absolute Gasteiger partial charge is 0.381 e. The van der Waals surface area contributed by atoms with E-state index in [1.807, 2.05) is 24.3 Å². The van der Waals surface area contributed by atoms with E-state index in [0.29, 0.717) is 18.1 Å². The fraction of sp³-hybridized carbons (Fsp3) is 0.588. The Morgan fingerprint density at radius 3 is 2.62 bits per heavy atom. The van der Waals surface area contributed by atoms with Gasteiger partial charge in [0.1, 0.15) is 0 Å². The van der Waals surface area contributed by atoms with Gasteiger partial charge in [0.15, 0.2) is 0 Å². The van der Waals surface area contributed by atoms with E-state index in [1.54, 1.807) is 0 Å². The molecule has 21 heavy (non-hydrogen) atoms. The second-order valence-electron chi connectivity index (χ2n) is 6.61. The number of hydrogen-bond donors (Lipinski definition) is 2. The van der Waals surface area contributed by atoms with Crippen molar-refractivity contribution in [2.24, 2.45) is 0 Å². The van der Waals surface area contributed by atoms with Crippen molar-refractivity contribution in [2.75, 3.05) is 18.4 Å². The van der Waals surface area contributed by atoms with Gasteiger partial charge in [-0.05, 0) is 62.9 Å². The molecule has 4 rings (SSSR count). The smallest absolute Gasteiger partial charge is 0.251 e. The maximum Gasteiger partial charge on any atom is 0.251 e. The highest BCUT2D eigenvalue weighted by molar-refractivity contribution is 5.94. The number of carbonyl (C=O) groups excluding carboxylic acids is 1. The van der Waals surface area contributed by atoms with E-state index in [9.17, 15) is 4.79 Å². The highest BCUT2D eigenvalue weighted by Gasteiger charge is 2.36. The summed E-state index contributed by atoms with van der Waals surface area (Å²) in [6, 6.07) is 9.64. The number of anilines is 1. The normalized spacial score (nSPS) is 28.4. The predicted molar refractivity (Wildman–Crippen MR) is 83.6 cm³/mol. The van der Waals surface area contributed by atoms with E-state index >= 15 is 0 Å². The van der Waals surface area contributed by atoms with Gasteiger partial charge in [0.2, 0.25) is 0 Å². The molecule has 0 aromatic heterocycles. The quantitative estimate of drug-likeness (QED) is 0.891. The number of hydrogen-bond acceptors (Lipinski definition) is 3. The fourth-order valence-corrected chi connectivity index (χ4v) is 3.68. The molecule has 2 unspecified atom stereocenters. The van der Waals surface area contributed by atoms with Gasteiger partial charge in [0, 0.05) is 35.9 Å². The highest BCUT2D eigenvalue weighted by Crippen LogP contribution is 2.30. The lowest BCUT2D eigenvalue weighted by atomic mass is 10.1. The molecule has 112 valence electrons. The molecule has 4 heteroatoms. The summed E-state index contributed by atoms with van der Waals surface area (Å²) in [6.45, 7) is 2.49. The molecular weight excluding hydrogens is 262 g/mol. The summed E-state index contributed by atoms with van der Waals surface area (Å²) >= 11 is 0. The van der Waals surface area contributed by atoms with Crippen molar-refractivity contribution in [1.82, 2.24) is 10.2 Å². The first-order valence-corrected chi connectivity index (χ1v) is 8.21. The number of nitrogens with zero attached hydrogens (tertiary/aromatic N) is 1. The third-order valence-electron chi connectivity index (χ3n) is 5.02. The average Bonchev–Trinajstić information content (AvgIpc) is 3.05. The van der Waals surface area contributed by atoms with Crippen molar-refractivity contribution < 1.29 is 4.79 Å². The molecule has 3 aliphatic rings. The van der Waals surface area contributed by atoms with Crippen molar-refractivity contribution in [3.05, 3.63) is 29.8 Å². The standard InChI is InChI=1S/C17H23N3O/c21-17(19-14-7-8-14)12-3-5-13(6-4-12)18-15-9-11-20-10-1-2-16(15)20/h3-6,14-16,18H,1-2,7-11H2,(H,19,21). The Balaban J connectivity index is 1.38. The van der Waals surface area contributed by atoms with Crippen LogP contribution in [0.4, 0.5) is 5.69 Å². The van der Waals surface area contributed by atoms with Crippen LogP contribution >= 0.6 is 0 Å². The number of rotatable bonds is 4. The zero-order valence-corrected chi connectivity index (χ0v) is 12.3. The summed E-state index contributed by atoms with van der Waals surface area (Å²) in [6.07, 6.45) is 6.15. The van der Waals surface area contributed by atoms with Crippen LogP contribution in [0.1, 0.15) is 42.5 Å². The Hall–Kier alpha value is -1.55. The summed E-state index contributed by atoms with van der Waals surface area (Å²) in [7, 11) is 0. The summed E-state index contributed by atoms with van der Waals surface area (Å²) in [5.41, 5.74) is 1.90. The molecule has 0 bridgehead atoms. The summed E-state index contributed by atoms with van der Waals surface area (Å²) < 4.78 is 0. The van der Waals surface area contributed by atoms with Crippen molar-refractivity contribution in [1.29, 1.82) is 0 Å². The maximum atomic E-state index is 12.0. The van der Waals surface area contributed by atoms with Gasteiger partial charge in [-0.25, -0.2) is 0 Å². The Labute approximate surface area is 125 Å². The number of fused-ring (bicyclic) bond motifs is 1. The van der Waals surface area contributed by atoms with Crippen molar-refractivity contribution in [3.8, 4) is 0 Å². The molecule has 4 nitrogen and oxygen atoms in total. The van der Waals surface area contributed by atoms with Crippen LogP contribution in [0.5, 0.6) is 0 Å². The molecule has 0 radical (unpaired) electrons. The van der Waals surface area contributed by atoms with Gasteiger partial charge in [0.25, 0.3) is 5.91 Å². The van der Waals surface area contributed by atoms with E-state index in [2.05, 4.69) is 15.5 Å². The molecule has 1 aromatic carbocycles. The first-order chi connectivity index (χ1) is 10.3. The average molecular weight is 285 g/mol. The molecule has 3 fully saturated rings. The Bertz CT molecular complexity index is 523. The van der Waals surface area contributed by atoms with Gasteiger partial charge in [-0.1, -0.05) is 0 Å². The van der Waals surface area contributed by atoms with Crippen LogP contribution in [0.2, 0.25) is 0 Å². The van der Waals surface area contributed by atoms with Crippen molar-refractivity contribution >= 4 is 11.6 Å². The minimum atomic E-state index is 0.0619. The summed E-state index contributed by atoms with van der Waals surface area (Å²) in [5, 5.41) is 6.69. The number of carbonyl (C=O) groups is 1. The first kappa shape index (κ1) is 13.1. The maximum absolute atomic E-state index is 12.0. The van der Waals surface area contributed by atoms with E-state index < -0.39 is 0 Å². The molecule has 2 atom stereocenters. The number of amides is 1. The van der Waals surface area contributed by atoms with Crippen LogP contribution < -0.4 is 10.6 Å². The van der Waals surface area contributed by atoms with E-state index in [-0.39, 0.29) is 5.91 Å². The summed E-state index contributed by atoms with van der Waals surface area (Å²) in [5.74, 6) is 0.0619. The van der Waals surface area contributed by atoms with Crippen LogP contribution in [0.15, 0.2) is 24.3 Å². The van der Waals surface area contributed by atoms with E-state index in [4.69, 9.17) is 0 Å². The molecule has 2 aliphatic heterocycles. The fourth-order valence-electron chi connectivity index (χ4n) is 3.68. The Kier molecular flexibility index (Phi) is 3.34. The predicted octanol–water partition coefficient (Wildman–Crippen LogP) is 2.23. The van der Waals surface area contributed by atoms with Crippen LogP contribution in [0, 0.1) is 0 Å². The molecule has 1 amide bonds. The van der Waals surface area contributed by atoms with Crippen LogP contribution in [0.3, 0.4) is 0 Å². The molecule has 1 saturated carbocycles. The molecule has 1 aliphatic carbocycles. The molecule has 0 spiro atoms. The molecule has 2 N–H and O–H groups in total. The third kappa shape index (κ3) is 2.77. The Morgan fingerprint density at radius 1 is 1.05 bits per heavy atom. The lowest BCUT2D eigenvalue weighted by Crippen LogP contribution is -2.33. The molecule has 2 saturated heterocycles. The topological polar surface area (TPSA) is 44.4 Å². The summed E-state index contributed by atoms with van der Waals surface area (Å²) in [4.78, 5) is 14.6. The Morgan fingerprint density at radius 2 is 1.86 bits per heavy atom. The van der Waals surface area contributed by atoms with Crippen LogP contribution in [-0.4, -0.2) is 42.0 Å². The SMILES string of the molecule is O=C(NC1CC1)c1ccc(NC2CCN3CCCC23)cc1. The molecular formula is C17H23N3O. The number of nitrogens with one attached hydrogen (secondary N) is 2. The zero-order chi connectivity index (χ0) is 14.2. The van der Waals surface area contributed by atoms with Crippen LogP contribution in [0.25, 0.3) is 0 Å². The lowest BCUT2D eigenvalue weighted by molar-refractivity contribution is 0.0951. The first-order valence-electron chi connectivity index (χ1n) is 8.21. The minimum absolute atomic E-state index is 0.0619. The van der Waals surface area contributed by atoms with Gasteiger partial charge in [0.05, 0.1) is 0 Å². The lowest BCUT2D eigenvalue weighted by Gasteiger charge is -2.22. The van der Waals surface area contributed by atoms with Crippen molar-refractivity contribution in [2.45, 2.75) is 50.2 Å². The highest BCUT2D eigenvalue weighted by atomic mass is 16.1. The monoisotopic (exact) mass is 285 g/mol. The zero-order valence-electron chi connectivity index (χ0n) is 12.3. The second-order valence-corrected chi connectivity index (χ2v) is 6.61. The molecule has 1 aromatic rings. The third-order valence-corrected chi connectivity index (χ3v) is 5.02. The van der Waals surface area contributed by atoms with Gasteiger partial charge < -0.3 is 10.6 Å². The van der Waals surface area contributed by atoms with Crippen molar-refractivity contribution in [3.63, 3.8) is 0 Å². The van der Waals surface area contributed by atoms with E-state index in [1.165, 1.54) is 32.4 Å². The molecule has 2 heterocycles. The minimum Gasteiger partial charge on any atom is -0.381 e. The van der Waals surface area contributed by atoms with Gasteiger partial charge in [-0.15, -0.1) is 0 Å². The second kappa shape index (κ2) is 5.34. The van der Waals surface area contributed by atoms with E-state index in [0.717, 1.165) is 24.1 Å².